The van der Waals surface area contributed by atoms with E-state index in [1.54, 1.807) is 0 Å². The molecule has 0 saturated heterocycles. The third-order valence-corrected chi connectivity index (χ3v) is 2.79. The number of benzene rings is 1. The molecule has 1 aromatic carbocycles. The molecule has 0 spiro atoms. The van der Waals surface area contributed by atoms with Gasteiger partial charge in [-0.05, 0) is 23.8 Å². The standard InChI is InChI=1S/C16H15N3O2/c17-9-1-2-12-3-5-13(6-4-12)10-19-16(21)14-7-8-15(20)18-11-14/h3-8,11H,9-10,17H2,(H,18,20)(H,19,21). The van der Waals surface area contributed by atoms with Gasteiger partial charge in [0, 0.05) is 24.4 Å². The zero-order valence-corrected chi connectivity index (χ0v) is 11.3. The van der Waals surface area contributed by atoms with Crippen molar-refractivity contribution in [1.29, 1.82) is 0 Å². The van der Waals surface area contributed by atoms with Crippen LogP contribution in [-0.2, 0) is 6.54 Å². The molecule has 0 aliphatic carbocycles. The summed E-state index contributed by atoms with van der Waals surface area (Å²) in [6.45, 7) is 0.736. The van der Waals surface area contributed by atoms with Crippen LogP contribution in [0.5, 0.6) is 0 Å². The number of amides is 1. The second kappa shape index (κ2) is 7.08. The molecule has 0 aliphatic heterocycles. The van der Waals surface area contributed by atoms with Crippen LogP contribution in [0.1, 0.15) is 21.5 Å². The molecule has 2 aromatic rings. The first kappa shape index (κ1) is 14.6. The van der Waals surface area contributed by atoms with Gasteiger partial charge in [0.15, 0.2) is 0 Å². The molecule has 0 bridgehead atoms. The molecule has 1 aromatic heterocycles. The number of carbonyl (C=O) groups excluding carboxylic acids is 1. The van der Waals surface area contributed by atoms with Crippen LogP contribution in [0.25, 0.3) is 0 Å². The lowest BCUT2D eigenvalue weighted by molar-refractivity contribution is 0.0950. The van der Waals surface area contributed by atoms with Gasteiger partial charge in [0.25, 0.3) is 5.91 Å². The average molecular weight is 281 g/mol. The van der Waals surface area contributed by atoms with Crippen molar-refractivity contribution >= 4 is 5.91 Å². The van der Waals surface area contributed by atoms with Crippen LogP contribution >= 0.6 is 0 Å². The number of rotatable bonds is 3. The number of carbonyl (C=O) groups is 1. The lowest BCUT2D eigenvalue weighted by Gasteiger charge is -2.05. The van der Waals surface area contributed by atoms with Crippen LogP contribution in [0.3, 0.4) is 0 Å². The highest BCUT2D eigenvalue weighted by atomic mass is 16.1. The average Bonchev–Trinajstić information content (AvgIpc) is 2.52. The highest BCUT2D eigenvalue weighted by Crippen LogP contribution is 2.03. The van der Waals surface area contributed by atoms with Gasteiger partial charge in [-0.1, -0.05) is 24.0 Å². The number of nitrogens with one attached hydrogen (secondary N) is 2. The Morgan fingerprint density at radius 2 is 1.95 bits per heavy atom. The fourth-order valence-corrected chi connectivity index (χ4v) is 1.70. The Hall–Kier alpha value is -2.84. The maximum Gasteiger partial charge on any atom is 0.253 e. The normalized spacial score (nSPS) is 9.57. The van der Waals surface area contributed by atoms with Gasteiger partial charge < -0.3 is 16.0 Å². The van der Waals surface area contributed by atoms with Gasteiger partial charge in [0.2, 0.25) is 5.56 Å². The SMILES string of the molecule is NCC#Cc1ccc(CNC(=O)c2ccc(=O)[nH]c2)cc1. The molecule has 5 heteroatoms. The van der Waals surface area contributed by atoms with Crippen LogP contribution in [0.2, 0.25) is 0 Å². The molecule has 1 heterocycles. The molecule has 0 atom stereocenters. The zero-order valence-electron chi connectivity index (χ0n) is 11.3. The molecule has 4 N–H and O–H groups in total. The third-order valence-electron chi connectivity index (χ3n) is 2.79. The maximum absolute atomic E-state index is 11.9. The summed E-state index contributed by atoms with van der Waals surface area (Å²) in [5.41, 5.74) is 7.34. The Bertz CT molecular complexity index is 716. The molecular formula is C16H15N3O2. The van der Waals surface area contributed by atoms with Crippen LogP contribution in [0.4, 0.5) is 0 Å². The molecule has 0 radical (unpaired) electrons. The van der Waals surface area contributed by atoms with Gasteiger partial charge in [-0.15, -0.1) is 0 Å². The fraction of sp³-hybridized carbons (Fsp3) is 0.125. The van der Waals surface area contributed by atoms with Crippen molar-refractivity contribution in [2.24, 2.45) is 5.73 Å². The Morgan fingerprint density at radius 1 is 1.19 bits per heavy atom. The minimum atomic E-state index is -0.238. The Labute approximate surface area is 122 Å². The van der Waals surface area contributed by atoms with Crippen LogP contribution < -0.4 is 16.6 Å². The van der Waals surface area contributed by atoms with Crippen molar-refractivity contribution < 1.29 is 4.79 Å². The first-order chi connectivity index (χ1) is 10.2. The van der Waals surface area contributed by atoms with E-state index in [9.17, 15) is 9.59 Å². The number of pyridine rings is 1. The summed E-state index contributed by atoms with van der Waals surface area (Å²) >= 11 is 0. The number of H-pyrrole nitrogens is 1. The largest absolute Gasteiger partial charge is 0.348 e. The van der Waals surface area contributed by atoms with E-state index in [-0.39, 0.29) is 11.5 Å². The number of hydrogen-bond donors (Lipinski definition) is 3. The highest BCUT2D eigenvalue weighted by Gasteiger charge is 2.04. The maximum atomic E-state index is 11.9. The second-order valence-corrected chi connectivity index (χ2v) is 4.33. The van der Waals surface area contributed by atoms with E-state index in [1.807, 2.05) is 24.3 Å². The summed E-state index contributed by atoms with van der Waals surface area (Å²) < 4.78 is 0. The predicted octanol–water partition coefficient (Wildman–Crippen LogP) is 0.615. The third kappa shape index (κ3) is 4.34. The first-order valence-electron chi connectivity index (χ1n) is 6.44. The van der Waals surface area contributed by atoms with Crippen molar-refractivity contribution in [2.75, 3.05) is 6.54 Å². The van der Waals surface area contributed by atoms with Crippen LogP contribution in [0.15, 0.2) is 47.4 Å². The van der Waals surface area contributed by atoms with Crippen LogP contribution in [-0.4, -0.2) is 17.4 Å². The van der Waals surface area contributed by atoms with Crippen molar-refractivity contribution in [3.8, 4) is 11.8 Å². The molecule has 0 fully saturated rings. The van der Waals surface area contributed by atoms with Gasteiger partial charge >= 0.3 is 0 Å². The first-order valence-corrected chi connectivity index (χ1v) is 6.44. The summed E-state index contributed by atoms with van der Waals surface area (Å²) in [5.74, 6) is 5.47. The zero-order chi connectivity index (χ0) is 15.1. The molecule has 2 rings (SSSR count). The molecule has 21 heavy (non-hydrogen) atoms. The van der Waals surface area contributed by atoms with E-state index < -0.39 is 0 Å². The summed E-state index contributed by atoms with van der Waals surface area (Å²) in [5, 5.41) is 2.78. The summed E-state index contributed by atoms with van der Waals surface area (Å²) in [7, 11) is 0. The molecular weight excluding hydrogens is 266 g/mol. The Kier molecular flexibility index (Phi) is 4.91. The Morgan fingerprint density at radius 3 is 2.57 bits per heavy atom. The molecule has 0 saturated carbocycles. The van der Waals surface area contributed by atoms with E-state index in [1.165, 1.54) is 18.3 Å². The molecule has 5 nitrogen and oxygen atoms in total. The van der Waals surface area contributed by atoms with Gasteiger partial charge in [-0.3, -0.25) is 9.59 Å². The number of nitrogens with two attached hydrogens (primary N) is 1. The lowest BCUT2D eigenvalue weighted by atomic mass is 10.1. The second-order valence-electron chi connectivity index (χ2n) is 4.33. The highest BCUT2D eigenvalue weighted by molar-refractivity contribution is 5.93. The lowest BCUT2D eigenvalue weighted by Crippen LogP contribution is -2.23. The predicted molar refractivity (Wildman–Crippen MR) is 80.6 cm³/mol. The summed E-state index contributed by atoms with van der Waals surface area (Å²) in [6.07, 6.45) is 1.39. The topological polar surface area (TPSA) is 88.0 Å². The molecule has 0 unspecified atom stereocenters. The van der Waals surface area contributed by atoms with Crippen molar-refractivity contribution in [1.82, 2.24) is 10.3 Å². The van der Waals surface area contributed by atoms with Gasteiger partial charge in [-0.25, -0.2) is 0 Å². The summed E-state index contributed by atoms with van der Waals surface area (Å²) in [6, 6.07) is 10.4. The fourth-order valence-electron chi connectivity index (χ4n) is 1.70. The van der Waals surface area contributed by atoms with E-state index in [0.717, 1.165) is 11.1 Å². The van der Waals surface area contributed by atoms with E-state index in [0.29, 0.717) is 18.7 Å². The minimum Gasteiger partial charge on any atom is -0.348 e. The van der Waals surface area contributed by atoms with Crippen molar-refractivity contribution in [3.63, 3.8) is 0 Å². The van der Waals surface area contributed by atoms with E-state index in [2.05, 4.69) is 22.1 Å². The van der Waals surface area contributed by atoms with Crippen molar-refractivity contribution in [3.05, 3.63) is 69.6 Å². The smallest absolute Gasteiger partial charge is 0.253 e. The Balaban J connectivity index is 1.95. The van der Waals surface area contributed by atoms with Gasteiger partial charge in [-0.2, -0.15) is 0 Å². The van der Waals surface area contributed by atoms with E-state index >= 15 is 0 Å². The number of aromatic nitrogens is 1. The molecule has 106 valence electrons. The summed E-state index contributed by atoms with van der Waals surface area (Å²) in [4.78, 5) is 25.3. The molecule has 1 amide bonds. The van der Waals surface area contributed by atoms with Gasteiger partial charge in [0.05, 0.1) is 12.1 Å². The van der Waals surface area contributed by atoms with Gasteiger partial charge in [0.1, 0.15) is 0 Å². The number of aromatic amines is 1. The van der Waals surface area contributed by atoms with Crippen LogP contribution in [0, 0.1) is 11.8 Å². The number of hydrogen-bond acceptors (Lipinski definition) is 3. The molecule has 0 aliphatic rings. The quantitative estimate of drug-likeness (QED) is 0.720. The van der Waals surface area contributed by atoms with E-state index in [4.69, 9.17) is 5.73 Å². The minimum absolute atomic E-state index is 0.235. The monoisotopic (exact) mass is 281 g/mol. The van der Waals surface area contributed by atoms with Crippen molar-refractivity contribution in [2.45, 2.75) is 6.54 Å².